The summed E-state index contributed by atoms with van der Waals surface area (Å²) in [5, 5.41) is 5.48. The topological polar surface area (TPSA) is 42.0 Å². The van der Waals surface area contributed by atoms with E-state index in [2.05, 4.69) is 10.3 Å². The predicted molar refractivity (Wildman–Crippen MR) is 72.7 cm³/mol. The van der Waals surface area contributed by atoms with E-state index in [0.717, 1.165) is 24.8 Å². The van der Waals surface area contributed by atoms with Crippen LogP contribution in [0.1, 0.15) is 24.8 Å². The summed E-state index contributed by atoms with van der Waals surface area (Å²) in [6.07, 6.45) is 4.67. The van der Waals surface area contributed by atoms with E-state index in [9.17, 15) is 4.79 Å². The van der Waals surface area contributed by atoms with E-state index < -0.39 is 0 Å². The highest BCUT2D eigenvalue weighted by atomic mass is 32.1. The number of nitrogens with zero attached hydrogens (tertiary/aromatic N) is 1. The molecule has 1 saturated carbocycles. The Hall–Kier alpha value is -1.68. The standard InChI is InChI=1S/C14H14N2OS/c17-12(16-13-15-9-10-18-13)14(7-4-8-14)11-5-2-1-3-6-11/h1-3,5-6,9-10H,4,7-8H2,(H,15,16,17). The molecule has 1 aliphatic carbocycles. The van der Waals surface area contributed by atoms with Gasteiger partial charge in [-0.1, -0.05) is 36.8 Å². The first kappa shape index (κ1) is 11.4. The summed E-state index contributed by atoms with van der Waals surface area (Å²) in [5.74, 6) is 0.0786. The van der Waals surface area contributed by atoms with Crippen molar-refractivity contribution in [1.29, 1.82) is 0 Å². The zero-order valence-corrected chi connectivity index (χ0v) is 10.7. The minimum absolute atomic E-state index is 0.0786. The molecule has 1 heterocycles. The van der Waals surface area contributed by atoms with Crippen molar-refractivity contribution in [2.75, 3.05) is 5.32 Å². The van der Waals surface area contributed by atoms with Crippen LogP contribution in [0.4, 0.5) is 5.13 Å². The predicted octanol–water partition coefficient (Wildman–Crippen LogP) is 3.20. The smallest absolute Gasteiger partial charge is 0.236 e. The fraction of sp³-hybridized carbons (Fsp3) is 0.286. The van der Waals surface area contributed by atoms with Crippen LogP contribution in [0.25, 0.3) is 0 Å². The monoisotopic (exact) mass is 258 g/mol. The van der Waals surface area contributed by atoms with Crippen LogP contribution >= 0.6 is 11.3 Å². The van der Waals surface area contributed by atoms with Crippen LogP contribution in [0.15, 0.2) is 41.9 Å². The van der Waals surface area contributed by atoms with E-state index in [1.807, 2.05) is 35.7 Å². The highest BCUT2D eigenvalue weighted by Gasteiger charge is 2.45. The largest absolute Gasteiger partial charge is 0.301 e. The van der Waals surface area contributed by atoms with Crippen LogP contribution in [-0.2, 0) is 10.2 Å². The first-order chi connectivity index (χ1) is 8.81. The average Bonchev–Trinajstić information content (AvgIpc) is 2.82. The lowest BCUT2D eigenvalue weighted by atomic mass is 9.64. The molecule has 4 heteroatoms. The summed E-state index contributed by atoms with van der Waals surface area (Å²) in [4.78, 5) is 16.6. The number of hydrogen-bond acceptors (Lipinski definition) is 3. The molecule has 0 atom stereocenters. The second kappa shape index (κ2) is 4.53. The molecular formula is C14H14N2OS. The Morgan fingerprint density at radius 3 is 2.61 bits per heavy atom. The second-order valence-corrected chi connectivity index (χ2v) is 5.49. The molecule has 1 fully saturated rings. The van der Waals surface area contributed by atoms with Crippen LogP contribution in [0.3, 0.4) is 0 Å². The van der Waals surface area contributed by atoms with Crippen LogP contribution in [0, 0.1) is 0 Å². The molecule has 0 saturated heterocycles. The number of carbonyl (C=O) groups is 1. The average molecular weight is 258 g/mol. The van der Waals surface area contributed by atoms with Crippen molar-refractivity contribution in [3.63, 3.8) is 0 Å². The zero-order chi connectivity index (χ0) is 12.4. The van der Waals surface area contributed by atoms with Crippen LogP contribution in [0.5, 0.6) is 0 Å². The van der Waals surface area contributed by atoms with Gasteiger partial charge in [0.2, 0.25) is 5.91 Å². The lowest BCUT2D eigenvalue weighted by Gasteiger charge is -2.40. The maximum atomic E-state index is 12.5. The molecule has 3 nitrogen and oxygen atoms in total. The number of aromatic nitrogens is 1. The zero-order valence-electron chi connectivity index (χ0n) is 9.93. The number of anilines is 1. The van der Waals surface area contributed by atoms with Crippen LogP contribution in [0.2, 0.25) is 0 Å². The number of rotatable bonds is 3. The SMILES string of the molecule is O=C(Nc1nccs1)C1(c2ccccc2)CCC1. The Bertz CT molecular complexity index is 532. The normalized spacial score (nSPS) is 16.9. The third-order valence-electron chi connectivity index (χ3n) is 3.62. The maximum Gasteiger partial charge on any atom is 0.236 e. The third kappa shape index (κ3) is 1.82. The number of carbonyl (C=O) groups excluding carboxylic acids is 1. The minimum Gasteiger partial charge on any atom is -0.301 e. The maximum absolute atomic E-state index is 12.5. The highest BCUT2D eigenvalue weighted by Crippen LogP contribution is 2.44. The Labute approximate surface area is 110 Å². The van der Waals surface area contributed by atoms with E-state index >= 15 is 0 Å². The van der Waals surface area contributed by atoms with Gasteiger partial charge in [-0.05, 0) is 18.4 Å². The number of hydrogen-bond donors (Lipinski definition) is 1. The van der Waals surface area contributed by atoms with Gasteiger partial charge in [0.25, 0.3) is 0 Å². The molecule has 1 amide bonds. The molecule has 1 aliphatic rings. The van der Waals surface area contributed by atoms with E-state index in [-0.39, 0.29) is 11.3 Å². The molecule has 1 N–H and O–H groups in total. The molecular weight excluding hydrogens is 244 g/mol. The fourth-order valence-electron chi connectivity index (χ4n) is 2.44. The van der Waals surface area contributed by atoms with Crippen molar-refractivity contribution >= 4 is 22.4 Å². The minimum atomic E-state index is -0.340. The van der Waals surface area contributed by atoms with Crippen molar-refractivity contribution in [1.82, 2.24) is 4.98 Å². The van der Waals surface area contributed by atoms with E-state index in [0.29, 0.717) is 5.13 Å². The summed E-state index contributed by atoms with van der Waals surface area (Å²) >= 11 is 1.45. The van der Waals surface area contributed by atoms with Gasteiger partial charge in [-0.25, -0.2) is 4.98 Å². The number of thiazole rings is 1. The molecule has 1 aromatic heterocycles. The van der Waals surface area contributed by atoms with Gasteiger partial charge < -0.3 is 5.32 Å². The van der Waals surface area contributed by atoms with Crippen molar-refractivity contribution in [2.45, 2.75) is 24.7 Å². The molecule has 0 aliphatic heterocycles. The summed E-state index contributed by atoms with van der Waals surface area (Å²) in [6, 6.07) is 10.0. The second-order valence-electron chi connectivity index (χ2n) is 4.59. The van der Waals surface area contributed by atoms with Gasteiger partial charge in [-0.3, -0.25) is 4.79 Å². The first-order valence-electron chi connectivity index (χ1n) is 6.08. The number of nitrogens with one attached hydrogen (secondary N) is 1. The van der Waals surface area contributed by atoms with Crippen molar-refractivity contribution < 1.29 is 4.79 Å². The van der Waals surface area contributed by atoms with E-state index in [1.54, 1.807) is 6.20 Å². The first-order valence-corrected chi connectivity index (χ1v) is 6.96. The molecule has 0 bridgehead atoms. The van der Waals surface area contributed by atoms with Gasteiger partial charge in [0, 0.05) is 11.6 Å². The molecule has 0 radical (unpaired) electrons. The Balaban J connectivity index is 1.86. The molecule has 1 aromatic carbocycles. The fourth-order valence-corrected chi connectivity index (χ4v) is 2.96. The lowest BCUT2D eigenvalue weighted by molar-refractivity contribution is -0.124. The summed E-state index contributed by atoms with van der Waals surface area (Å²) < 4.78 is 0. The summed E-state index contributed by atoms with van der Waals surface area (Å²) in [7, 11) is 0. The van der Waals surface area contributed by atoms with Crippen LogP contribution in [-0.4, -0.2) is 10.9 Å². The summed E-state index contributed by atoms with van der Waals surface area (Å²) in [5.41, 5.74) is 0.776. The Kier molecular flexibility index (Phi) is 2.88. The molecule has 2 aromatic rings. The lowest BCUT2D eigenvalue weighted by Crippen LogP contribution is -2.45. The Morgan fingerprint density at radius 1 is 1.28 bits per heavy atom. The number of amides is 1. The van der Waals surface area contributed by atoms with Gasteiger partial charge in [0.05, 0.1) is 5.41 Å². The third-order valence-corrected chi connectivity index (χ3v) is 4.31. The van der Waals surface area contributed by atoms with Crippen molar-refractivity contribution in [3.05, 3.63) is 47.5 Å². The van der Waals surface area contributed by atoms with Crippen molar-refractivity contribution in [2.24, 2.45) is 0 Å². The van der Waals surface area contributed by atoms with Gasteiger partial charge in [-0.15, -0.1) is 11.3 Å². The molecule has 18 heavy (non-hydrogen) atoms. The van der Waals surface area contributed by atoms with Gasteiger partial charge in [-0.2, -0.15) is 0 Å². The van der Waals surface area contributed by atoms with Gasteiger partial charge >= 0.3 is 0 Å². The van der Waals surface area contributed by atoms with Gasteiger partial charge in [0.15, 0.2) is 5.13 Å². The molecule has 92 valence electrons. The molecule has 0 spiro atoms. The molecule has 0 unspecified atom stereocenters. The summed E-state index contributed by atoms with van der Waals surface area (Å²) in [6.45, 7) is 0. The quantitative estimate of drug-likeness (QED) is 0.918. The van der Waals surface area contributed by atoms with Crippen LogP contribution < -0.4 is 5.32 Å². The van der Waals surface area contributed by atoms with E-state index in [4.69, 9.17) is 0 Å². The molecule has 3 rings (SSSR count). The van der Waals surface area contributed by atoms with Crippen molar-refractivity contribution in [3.8, 4) is 0 Å². The number of benzene rings is 1. The highest BCUT2D eigenvalue weighted by molar-refractivity contribution is 7.13. The Morgan fingerprint density at radius 2 is 2.06 bits per heavy atom. The van der Waals surface area contributed by atoms with Gasteiger partial charge in [0.1, 0.15) is 0 Å². The van der Waals surface area contributed by atoms with E-state index in [1.165, 1.54) is 11.3 Å².